The van der Waals surface area contributed by atoms with Gasteiger partial charge in [-0.05, 0) is 23.6 Å². The van der Waals surface area contributed by atoms with Crippen molar-refractivity contribution < 1.29 is 14.7 Å². The number of carbonyl (C=O) groups is 2. The van der Waals surface area contributed by atoms with Crippen LogP contribution in [0.25, 0.3) is 0 Å². The number of benzene rings is 1. The molecule has 2 aromatic rings. The fourth-order valence-corrected chi connectivity index (χ4v) is 1.90. The first-order valence-corrected chi connectivity index (χ1v) is 6.61. The fraction of sp³-hybridized carbons (Fsp3) is 0.267. The number of anilines is 1. The maximum Gasteiger partial charge on any atom is 0.325 e. The van der Waals surface area contributed by atoms with Gasteiger partial charge in [0.2, 0.25) is 0 Å². The van der Waals surface area contributed by atoms with Crippen molar-refractivity contribution in [1.29, 1.82) is 0 Å². The van der Waals surface area contributed by atoms with Crippen LogP contribution in [0.15, 0.2) is 36.7 Å². The van der Waals surface area contributed by atoms with Gasteiger partial charge in [-0.15, -0.1) is 0 Å². The van der Waals surface area contributed by atoms with E-state index in [9.17, 15) is 9.59 Å². The number of aromatic nitrogens is 2. The summed E-state index contributed by atoms with van der Waals surface area (Å²) in [5.74, 6) is -0.885. The highest BCUT2D eigenvalue weighted by Crippen LogP contribution is 2.16. The Labute approximate surface area is 122 Å². The smallest absolute Gasteiger partial charge is 0.325 e. The van der Waals surface area contributed by atoms with Crippen molar-refractivity contribution in [2.45, 2.75) is 26.3 Å². The van der Waals surface area contributed by atoms with Crippen LogP contribution in [-0.2, 0) is 11.3 Å². The highest BCUT2D eigenvalue weighted by molar-refractivity contribution is 6.04. The third-order valence-corrected chi connectivity index (χ3v) is 3.00. The van der Waals surface area contributed by atoms with Gasteiger partial charge in [0.15, 0.2) is 0 Å². The van der Waals surface area contributed by atoms with Gasteiger partial charge in [0.1, 0.15) is 6.54 Å². The largest absolute Gasteiger partial charge is 0.480 e. The summed E-state index contributed by atoms with van der Waals surface area (Å²) in [4.78, 5) is 22.7. The molecule has 1 amide bonds. The van der Waals surface area contributed by atoms with Crippen molar-refractivity contribution in [2.75, 3.05) is 5.32 Å². The first-order chi connectivity index (χ1) is 9.95. The number of amides is 1. The molecule has 1 aromatic carbocycles. The number of carboxylic acids is 1. The lowest BCUT2D eigenvalue weighted by Gasteiger charge is -2.08. The fourth-order valence-electron chi connectivity index (χ4n) is 1.90. The van der Waals surface area contributed by atoms with Gasteiger partial charge in [-0.3, -0.25) is 14.3 Å². The lowest BCUT2D eigenvalue weighted by molar-refractivity contribution is -0.137. The summed E-state index contributed by atoms with van der Waals surface area (Å²) in [5.41, 5.74) is 2.12. The van der Waals surface area contributed by atoms with Crippen LogP contribution in [0.3, 0.4) is 0 Å². The van der Waals surface area contributed by atoms with Crippen LogP contribution in [0.2, 0.25) is 0 Å². The van der Waals surface area contributed by atoms with Crippen molar-refractivity contribution in [1.82, 2.24) is 9.78 Å². The average Bonchev–Trinajstić information content (AvgIpc) is 2.85. The Morgan fingerprint density at radius 1 is 1.38 bits per heavy atom. The van der Waals surface area contributed by atoms with Gasteiger partial charge in [-0.2, -0.15) is 5.10 Å². The molecule has 0 bridgehead atoms. The summed E-state index contributed by atoms with van der Waals surface area (Å²) < 4.78 is 1.25. The van der Waals surface area contributed by atoms with Crippen LogP contribution < -0.4 is 5.32 Å². The average molecular weight is 287 g/mol. The van der Waals surface area contributed by atoms with Crippen molar-refractivity contribution in [3.63, 3.8) is 0 Å². The molecule has 0 saturated carbocycles. The van der Waals surface area contributed by atoms with Crippen LogP contribution in [-0.4, -0.2) is 26.8 Å². The van der Waals surface area contributed by atoms with E-state index in [0.717, 1.165) is 5.56 Å². The van der Waals surface area contributed by atoms with Gasteiger partial charge in [0.25, 0.3) is 5.91 Å². The van der Waals surface area contributed by atoms with Crippen LogP contribution in [0.5, 0.6) is 0 Å². The van der Waals surface area contributed by atoms with Crippen LogP contribution >= 0.6 is 0 Å². The van der Waals surface area contributed by atoms with E-state index < -0.39 is 5.97 Å². The van der Waals surface area contributed by atoms with Gasteiger partial charge in [-0.25, -0.2) is 0 Å². The second kappa shape index (κ2) is 6.21. The number of aliphatic carboxylic acids is 1. The standard InChI is InChI=1S/C15H17N3O3/c1-10(2)11-4-3-5-12(6-11)15(21)17-13-7-16-18(8-13)9-14(19)20/h3-8,10H,9H2,1-2H3,(H,17,21)(H,19,20). The molecule has 6 nitrogen and oxygen atoms in total. The minimum Gasteiger partial charge on any atom is -0.480 e. The Morgan fingerprint density at radius 2 is 2.14 bits per heavy atom. The molecule has 110 valence electrons. The Kier molecular flexibility index (Phi) is 4.37. The molecule has 0 spiro atoms. The highest BCUT2D eigenvalue weighted by atomic mass is 16.4. The van der Waals surface area contributed by atoms with Crippen molar-refractivity contribution in [3.8, 4) is 0 Å². The highest BCUT2D eigenvalue weighted by Gasteiger charge is 2.10. The molecule has 2 N–H and O–H groups in total. The molecule has 1 heterocycles. The number of carboxylic acid groups (broad SMARTS) is 1. The molecule has 6 heteroatoms. The Hall–Kier alpha value is -2.63. The van der Waals surface area contributed by atoms with E-state index >= 15 is 0 Å². The molecular weight excluding hydrogens is 270 g/mol. The van der Waals surface area contributed by atoms with Crippen LogP contribution in [0.4, 0.5) is 5.69 Å². The zero-order chi connectivity index (χ0) is 15.4. The summed E-state index contributed by atoms with van der Waals surface area (Å²) >= 11 is 0. The molecular formula is C15H17N3O3. The molecule has 0 radical (unpaired) electrons. The molecule has 0 aliphatic carbocycles. The van der Waals surface area contributed by atoms with Crippen LogP contribution in [0, 0.1) is 0 Å². The van der Waals surface area contributed by atoms with E-state index in [1.165, 1.54) is 17.1 Å². The lowest BCUT2D eigenvalue weighted by atomic mass is 10.0. The predicted octanol–water partition coefficient (Wildman–Crippen LogP) is 2.34. The number of nitrogens with zero attached hydrogens (tertiary/aromatic N) is 2. The lowest BCUT2D eigenvalue weighted by Crippen LogP contribution is -2.12. The maximum atomic E-state index is 12.2. The maximum absolute atomic E-state index is 12.2. The van der Waals surface area contributed by atoms with Gasteiger partial charge in [0.05, 0.1) is 11.9 Å². The quantitative estimate of drug-likeness (QED) is 0.884. The Bertz CT molecular complexity index is 662. The second-order valence-corrected chi connectivity index (χ2v) is 5.05. The van der Waals surface area contributed by atoms with E-state index in [2.05, 4.69) is 24.3 Å². The zero-order valence-corrected chi connectivity index (χ0v) is 11.9. The van der Waals surface area contributed by atoms with Crippen molar-refractivity contribution in [3.05, 3.63) is 47.8 Å². The number of carbonyl (C=O) groups excluding carboxylic acids is 1. The third-order valence-electron chi connectivity index (χ3n) is 3.00. The molecule has 21 heavy (non-hydrogen) atoms. The summed E-state index contributed by atoms with van der Waals surface area (Å²) in [6, 6.07) is 7.41. The zero-order valence-electron chi connectivity index (χ0n) is 11.9. The van der Waals surface area contributed by atoms with E-state index in [1.807, 2.05) is 18.2 Å². The Morgan fingerprint density at radius 3 is 2.81 bits per heavy atom. The molecule has 2 rings (SSSR count). The predicted molar refractivity (Wildman–Crippen MR) is 78.3 cm³/mol. The monoisotopic (exact) mass is 287 g/mol. The van der Waals surface area contributed by atoms with Crippen molar-refractivity contribution in [2.24, 2.45) is 0 Å². The van der Waals surface area contributed by atoms with E-state index in [4.69, 9.17) is 5.11 Å². The van der Waals surface area contributed by atoms with E-state index in [-0.39, 0.29) is 12.5 Å². The minimum atomic E-state index is -0.986. The summed E-state index contributed by atoms with van der Waals surface area (Å²) in [5, 5.41) is 15.2. The second-order valence-electron chi connectivity index (χ2n) is 5.05. The third kappa shape index (κ3) is 3.92. The Balaban J connectivity index is 2.09. The normalized spacial score (nSPS) is 10.6. The van der Waals surface area contributed by atoms with Gasteiger partial charge in [0, 0.05) is 11.8 Å². The molecule has 0 aliphatic heterocycles. The minimum absolute atomic E-state index is 0.237. The number of hydrogen-bond acceptors (Lipinski definition) is 3. The van der Waals surface area contributed by atoms with Gasteiger partial charge in [-0.1, -0.05) is 26.0 Å². The van der Waals surface area contributed by atoms with E-state index in [0.29, 0.717) is 17.2 Å². The molecule has 0 atom stereocenters. The summed E-state index contributed by atoms with van der Waals surface area (Å²) in [6.07, 6.45) is 2.91. The van der Waals surface area contributed by atoms with E-state index in [1.54, 1.807) is 6.07 Å². The topological polar surface area (TPSA) is 84.2 Å². The number of hydrogen-bond donors (Lipinski definition) is 2. The summed E-state index contributed by atoms with van der Waals surface area (Å²) in [6.45, 7) is 3.89. The molecule has 0 aliphatic rings. The number of nitrogens with one attached hydrogen (secondary N) is 1. The molecule has 1 aromatic heterocycles. The van der Waals surface area contributed by atoms with Crippen molar-refractivity contribution >= 4 is 17.6 Å². The van der Waals surface area contributed by atoms with Crippen LogP contribution in [0.1, 0.15) is 35.7 Å². The molecule has 0 saturated heterocycles. The van der Waals surface area contributed by atoms with Gasteiger partial charge < -0.3 is 10.4 Å². The molecule has 0 fully saturated rings. The SMILES string of the molecule is CC(C)c1cccc(C(=O)Nc2cnn(CC(=O)O)c2)c1. The first kappa shape index (κ1) is 14.8. The first-order valence-electron chi connectivity index (χ1n) is 6.61. The molecule has 0 unspecified atom stereocenters. The summed E-state index contributed by atoms with van der Waals surface area (Å²) in [7, 11) is 0. The van der Waals surface area contributed by atoms with Gasteiger partial charge >= 0.3 is 5.97 Å². The number of rotatable bonds is 5.